The van der Waals surface area contributed by atoms with Gasteiger partial charge in [-0.25, -0.2) is 17.9 Å². The summed E-state index contributed by atoms with van der Waals surface area (Å²) in [5.41, 5.74) is 0.476. The summed E-state index contributed by atoms with van der Waals surface area (Å²) in [6.45, 7) is 5.87. The largest absolute Gasteiger partial charge is 0.477 e. The molecule has 0 aliphatic carbocycles. The van der Waals surface area contributed by atoms with Gasteiger partial charge in [0.05, 0.1) is 0 Å². The van der Waals surface area contributed by atoms with Gasteiger partial charge in [-0.15, -0.1) is 11.3 Å². The number of carboxylic acid groups (broad SMARTS) is 1. The van der Waals surface area contributed by atoms with Gasteiger partial charge in [-0.05, 0) is 43.8 Å². The number of rotatable bonds is 6. The molecule has 0 aromatic carbocycles. The minimum absolute atomic E-state index is 0.0963. The Balaban J connectivity index is 2.16. The van der Waals surface area contributed by atoms with Crippen LogP contribution in [0.3, 0.4) is 0 Å². The zero-order valence-electron chi connectivity index (χ0n) is 12.1. The molecule has 1 unspecified atom stereocenters. The molecule has 0 spiro atoms. The normalized spacial score (nSPS) is 20.0. The number of hydrogen-bond donors (Lipinski definition) is 2. The monoisotopic (exact) mass is 332 g/mol. The fourth-order valence-corrected chi connectivity index (χ4v) is 5.44. The van der Waals surface area contributed by atoms with E-state index in [0.717, 1.165) is 37.3 Å². The van der Waals surface area contributed by atoms with E-state index in [0.29, 0.717) is 12.1 Å². The summed E-state index contributed by atoms with van der Waals surface area (Å²) in [6.07, 6.45) is 2.03. The van der Waals surface area contributed by atoms with Crippen LogP contribution in [0.25, 0.3) is 0 Å². The molecule has 0 amide bonds. The van der Waals surface area contributed by atoms with Gasteiger partial charge < -0.3 is 5.11 Å². The average Bonchev–Trinajstić information content (AvgIpc) is 3.02. The van der Waals surface area contributed by atoms with Crippen LogP contribution in [-0.2, 0) is 10.0 Å². The zero-order chi connectivity index (χ0) is 15.6. The van der Waals surface area contributed by atoms with Crippen molar-refractivity contribution in [3.63, 3.8) is 0 Å². The topological polar surface area (TPSA) is 86.7 Å². The molecule has 1 saturated heterocycles. The lowest BCUT2D eigenvalue weighted by Crippen LogP contribution is -2.40. The average molecular weight is 332 g/mol. The Morgan fingerprint density at radius 2 is 2.29 bits per heavy atom. The Bertz CT molecular complexity index is 624. The molecule has 1 aromatic heterocycles. The predicted molar refractivity (Wildman–Crippen MR) is 81.5 cm³/mol. The van der Waals surface area contributed by atoms with Crippen LogP contribution in [0.1, 0.15) is 35.0 Å². The van der Waals surface area contributed by atoms with E-state index in [4.69, 9.17) is 5.11 Å². The highest BCUT2D eigenvalue weighted by Crippen LogP contribution is 2.27. The number of nitrogens with zero attached hydrogens (tertiary/aromatic N) is 1. The fraction of sp³-hybridized carbons (Fsp3) is 0.615. The quantitative estimate of drug-likeness (QED) is 0.825. The maximum Gasteiger partial charge on any atom is 0.347 e. The van der Waals surface area contributed by atoms with E-state index in [-0.39, 0.29) is 15.8 Å². The minimum Gasteiger partial charge on any atom is -0.477 e. The van der Waals surface area contributed by atoms with Crippen molar-refractivity contribution in [1.82, 2.24) is 9.62 Å². The molecule has 21 heavy (non-hydrogen) atoms. The molecule has 118 valence electrons. The van der Waals surface area contributed by atoms with Crippen molar-refractivity contribution in [2.45, 2.75) is 37.6 Å². The molecule has 2 heterocycles. The number of carbonyl (C=O) groups is 1. The van der Waals surface area contributed by atoms with E-state index in [2.05, 4.69) is 16.5 Å². The first-order chi connectivity index (χ1) is 9.86. The maximum absolute atomic E-state index is 12.4. The molecular formula is C13H20N2O4S2. The van der Waals surface area contributed by atoms with Crippen LogP contribution >= 0.6 is 11.3 Å². The second-order valence-corrected chi connectivity index (χ2v) is 7.74. The Morgan fingerprint density at radius 3 is 2.90 bits per heavy atom. The third kappa shape index (κ3) is 3.45. The SMILES string of the molecule is CCN1CCCC1CNS(=O)(=O)c1c(C)csc1C(=O)O. The summed E-state index contributed by atoms with van der Waals surface area (Å²) in [5.74, 6) is -1.20. The second-order valence-electron chi connectivity index (χ2n) is 5.16. The second kappa shape index (κ2) is 6.43. The van der Waals surface area contributed by atoms with E-state index < -0.39 is 16.0 Å². The van der Waals surface area contributed by atoms with E-state index in [1.54, 1.807) is 12.3 Å². The van der Waals surface area contributed by atoms with E-state index >= 15 is 0 Å². The van der Waals surface area contributed by atoms with Gasteiger partial charge in [0.25, 0.3) is 0 Å². The van der Waals surface area contributed by atoms with Gasteiger partial charge in [0.1, 0.15) is 9.77 Å². The number of aromatic carboxylic acids is 1. The summed E-state index contributed by atoms with van der Waals surface area (Å²) >= 11 is 0.945. The summed E-state index contributed by atoms with van der Waals surface area (Å²) in [7, 11) is -3.79. The highest BCUT2D eigenvalue weighted by molar-refractivity contribution is 7.89. The number of thiophene rings is 1. The third-order valence-electron chi connectivity index (χ3n) is 3.80. The van der Waals surface area contributed by atoms with Crippen molar-refractivity contribution in [1.29, 1.82) is 0 Å². The summed E-state index contributed by atoms with van der Waals surface area (Å²) in [6, 6.07) is 0.192. The van der Waals surface area contributed by atoms with Crippen molar-refractivity contribution in [2.75, 3.05) is 19.6 Å². The molecule has 1 atom stereocenters. The molecule has 1 aromatic rings. The minimum atomic E-state index is -3.79. The molecule has 2 rings (SSSR count). The zero-order valence-corrected chi connectivity index (χ0v) is 13.8. The van der Waals surface area contributed by atoms with Gasteiger partial charge in [-0.2, -0.15) is 0 Å². The molecule has 1 fully saturated rings. The number of likely N-dealkylation sites (tertiary alicyclic amines) is 1. The fourth-order valence-electron chi connectivity index (χ4n) is 2.74. The number of carboxylic acids is 1. The Kier molecular flexibility index (Phi) is 5.03. The predicted octanol–water partition coefficient (Wildman–Crippen LogP) is 1.52. The van der Waals surface area contributed by atoms with Crippen molar-refractivity contribution in [2.24, 2.45) is 0 Å². The molecule has 0 bridgehead atoms. The highest BCUT2D eigenvalue weighted by Gasteiger charge is 2.29. The Labute approximate surface area is 128 Å². The first kappa shape index (κ1) is 16.4. The van der Waals surface area contributed by atoms with Gasteiger partial charge >= 0.3 is 5.97 Å². The van der Waals surface area contributed by atoms with Crippen molar-refractivity contribution >= 4 is 27.3 Å². The molecule has 0 radical (unpaired) electrons. The van der Waals surface area contributed by atoms with Gasteiger partial charge in [0, 0.05) is 12.6 Å². The van der Waals surface area contributed by atoms with Crippen molar-refractivity contribution < 1.29 is 18.3 Å². The van der Waals surface area contributed by atoms with Crippen molar-refractivity contribution in [3.05, 3.63) is 15.8 Å². The number of sulfonamides is 1. The summed E-state index contributed by atoms with van der Waals surface area (Å²) in [5, 5.41) is 10.7. The Morgan fingerprint density at radius 1 is 1.57 bits per heavy atom. The summed E-state index contributed by atoms with van der Waals surface area (Å²) in [4.78, 5) is 13.2. The molecule has 8 heteroatoms. The number of nitrogens with one attached hydrogen (secondary N) is 1. The lowest BCUT2D eigenvalue weighted by Gasteiger charge is -2.22. The molecule has 1 aliphatic rings. The lowest BCUT2D eigenvalue weighted by atomic mass is 10.2. The van der Waals surface area contributed by atoms with Gasteiger partial charge in [0.15, 0.2) is 0 Å². The van der Waals surface area contributed by atoms with Gasteiger partial charge in [-0.1, -0.05) is 6.92 Å². The standard InChI is InChI=1S/C13H20N2O4S2/c1-3-15-6-4-5-10(15)7-14-21(18,19)12-9(2)8-20-11(12)13(16)17/h8,10,14H,3-7H2,1-2H3,(H,16,17). The smallest absolute Gasteiger partial charge is 0.347 e. The van der Waals surface area contributed by atoms with Crippen LogP contribution in [0.5, 0.6) is 0 Å². The lowest BCUT2D eigenvalue weighted by molar-refractivity contribution is 0.0698. The van der Waals surface area contributed by atoms with Gasteiger partial charge in [-0.3, -0.25) is 4.90 Å². The van der Waals surface area contributed by atoms with E-state index in [1.165, 1.54) is 0 Å². The molecule has 0 saturated carbocycles. The van der Waals surface area contributed by atoms with Crippen LogP contribution in [0.15, 0.2) is 10.3 Å². The van der Waals surface area contributed by atoms with Crippen LogP contribution in [-0.4, -0.2) is 50.1 Å². The van der Waals surface area contributed by atoms with E-state index in [1.807, 2.05) is 0 Å². The third-order valence-corrected chi connectivity index (χ3v) is 6.62. The first-order valence-corrected chi connectivity index (χ1v) is 9.28. The first-order valence-electron chi connectivity index (χ1n) is 6.92. The highest BCUT2D eigenvalue weighted by atomic mass is 32.2. The number of aryl methyl sites for hydroxylation is 1. The molecular weight excluding hydrogens is 312 g/mol. The molecule has 6 nitrogen and oxygen atoms in total. The maximum atomic E-state index is 12.4. The van der Waals surface area contributed by atoms with Crippen LogP contribution in [0, 0.1) is 6.92 Å². The summed E-state index contributed by atoms with van der Waals surface area (Å²) < 4.78 is 27.4. The van der Waals surface area contributed by atoms with Crippen molar-refractivity contribution in [3.8, 4) is 0 Å². The van der Waals surface area contributed by atoms with E-state index in [9.17, 15) is 13.2 Å². The number of likely N-dealkylation sites (N-methyl/N-ethyl adjacent to an activating group) is 1. The van der Waals surface area contributed by atoms with Gasteiger partial charge in [0.2, 0.25) is 10.0 Å². The number of hydrogen-bond acceptors (Lipinski definition) is 5. The van der Waals surface area contributed by atoms with Crippen LogP contribution in [0.2, 0.25) is 0 Å². The Hall–Kier alpha value is -0.960. The molecule has 1 aliphatic heterocycles. The van der Waals surface area contributed by atoms with Crippen LogP contribution in [0.4, 0.5) is 0 Å². The van der Waals surface area contributed by atoms with Crippen LogP contribution < -0.4 is 4.72 Å². The molecule has 2 N–H and O–H groups in total.